The molecule has 0 aliphatic rings. The number of H-pyrrole nitrogens is 1. The smallest absolute Gasteiger partial charge is 0.0655 e. The summed E-state index contributed by atoms with van der Waals surface area (Å²) in [7, 11) is 2.06. The van der Waals surface area contributed by atoms with E-state index in [1.54, 1.807) is 0 Å². The fourth-order valence-corrected chi connectivity index (χ4v) is 2.66. The van der Waals surface area contributed by atoms with Gasteiger partial charge >= 0.3 is 0 Å². The molecule has 0 saturated heterocycles. The van der Waals surface area contributed by atoms with Crippen molar-refractivity contribution in [2.24, 2.45) is 5.92 Å². The van der Waals surface area contributed by atoms with E-state index in [1.165, 1.54) is 11.1 Å². The number of aryl methyl sites for hydroxylation is 1. The monoisotopic (exact) mass is 246 g/mol. The Morgan fingerprint density at radius 2 is 1.94 bits per heavy atom. The number of nitrogens with zero attached hydrogens (tertiary/aromatic N) is 1. The predicted molar refractivity (Wildman–Crippen MR) is 77.2 cm³/mol. The van der Waals surface area contributed by atoms with Gasteiger partial charge < -0.3 is 15.0 Å². The van der Waals surface area contributed by atoms with Crippen LogP contribution in [0, 0.1) is 12.8 Å². The van der Waals surface area contributed by atoms with Crippen LogP contribution < -0.4 is 4.90 Å². The molecule has 1 aromatic heterocycles. The van der Waals surface area contributed by atoms with Gasteiger partial charge in [0.05, 0.1) is 18.3 Å². The molecule has 98 valence electrons. The normalized spacial score (nSPS) is 13.2. The average Bonchev–Trinajstić information content (AvgIpc) is 2.64. The van der Waals surface area contributed by atoms with Crippen LogP contribution in [0.2, 0.25) is 0 Å². The van der Waals surface area contributed by atoms with E-state index in [-0.39, 0.29) is 12.6 Å². The molecule has 2 rings (SSSR count). The fourth-order valence-electron chi connectivity index (χ4n) is 2.66. The van der Waals surface area contributed by atoms with Crippen molar-refractivity contribution in [3.8, 4) is 0 Å². The number of benzene rings is 1. The summed E-state index contributed by atoms with van der Waals surface area (Å²) in [5.41, 5.74) is 3.49. The molecule has 18 heavy (non-hydrogen) atoms. The molecule has 3 heteroatoms. The second-order valence-electron chi connectivity index (χ2n) is 5.25. The van der Waals surface area contributed by atoms with E-state index in [9.17, 15) is 5.11 Å². The fraction of sp³-hybridized carbons (Fsp3) is 0.467. The molecule has 0 fully saturated rings. The maximum Gasteiger partial charge on any atom is 0.0655 e. The van der Waals surface area contributed by atoms with Gasteiger partial charge in [0, 0.05) is 23.6 Å². The number of likely N-dealkylation sites (N-methyl/N-ethyl adjacent to an activating group) is 1. The van der Waals surface area contributed by atoms with Crippen molar-refractivity contribution in [1.29, 1.82) is 0 Å². The maximum absolute atomic E-state index is 9.58. The number of para-hydroxylation sites is 1. The van der Waals surface area contributed by atoms with Gasteiger partial charge in [-0.2, -0.15) is 0 Å². The minimum atomic E-state index is 0.142. The van der Waals surface area contributed by atoms with Gasteiger partial charge in [-0.25, -0.2) is 0 Å². The Labute approximate surface area is 108 Å². The molecule has 0 amide bonds. The van der Waals surface area contributed by atoms with Crippen LogP contribution >= 0.6 is 0 Å². The van der Waals surface area contributed by atoms with Crippen LogP contribution in [-0.2, 0) is 0 Å². The topological polar surface area (TPSA) is 39.3 Å². The number of aromatic amines is 1. The zero-order valence-corrected chi connectivity index (χ0v) is 11.6. The zero-order valence-electron chi connectivity index (χ0n) is 11.6. The van der Waals surface area contributed by atoms with Gasteiger partial charge in [0.2, 0.25) is 0 Å². The lowest BCUT2D eigenvalue weighted by atomic mass is 10.0. The molecule has 3 nitrogen and oxygen atoms in total. The number of nitrogens with one attached hydrogen (secondary N) is 1. The molecule has 1 unspecified atom stereocenters. The molecule has 0 radical (unpaired) electrons. The largest absolute Gasteiger partial charge is 0.394 e. The Morgan fingerprint density at radius 3 is 2.56 bits per heavy atom. The standard InChI is InChI=1S/C15H22N2O/c1-10(2)14(9-18)17(4)15-11(3)16-13-8-6-5-7-12(13)15/h5-8,10,14,16,18H,9H2,1-4H3. The van der Waals surface area contributed by atoms with Crippen molar-refractivity contribution >= 4 is 16.6 Å². The van der Waals surface area contributed by atoms with E-state index in [0.717, 1.165) is 11.2 Å². The van der Waals surface area contributed by atoms with Crippen molar-refractivity contribution in [2.75, 3.05) is 18.6 Å². The van der Waals surface area contributed by atoms with Crippen LogP contribution in [0.4, 0.5) is 5.69 Å². The first-order chi connectivity index (χ1) is 8.56. The molecular weight excluding hydrogens is 224 g/mol. The molecule has 2 aromatic rings. The summed E-state index contributed by atoms with van der Waals surface area (Å²) in [5.74, 6) is 0.410. The second-order valence-corrected chi connectivity index (χ2v) is 5.25. The molecule has 2 N–H and O–H groups in total. The van der Waals surface area contributed by atoms with Crippen LogP contribution in [0.15, 0.2) is 24.3 Å². The highest BCUT2D eigenvalue weighted by molar-refractivity contribution is 5.94. The number of hydrogen-bond donors (Lipinski definition) is 2. The lowest BCUT2D eigenvalue weighted by Gasteiger charge is -2.31. The Balaban J connectivity index is 2.49. The third-order valence-corrected chi connectivity index (χ3v) is 3.67. The SMILES string of the molecule is Cc1[nH]c2ccccc2c1N(C)C(CO)C(C)C. The summed E-state index contributed by atoms with van der Waals surface area (Å²) in [5, 5.41) is 10.8. The van der Waals surface area contributed by atoms with E-state index in [0.29, 0.717) is 5.92 Å². The third kappa shape index (κ3) is 2.10. The van der Waals surface area contributed by atoms with Gasteiger partial charge in [-0.05, 0) is 18.9 Å². The first kappa shape index (κ1) is 13.0. The summed E-state index contributed by atoms with van der Waals surface area (Å²) in [6, 6.07) is 8.44. The summed E-state index contributed by atoms with van der Waals surface area (Å²) < 4.78 is 0. The van der Waals surface area contributed by atoms with Crippen LogP contribution in [0.25, 0.3) is 10.9 Å². The van der Waals surface area contributed by atoms with Gasteiger partial charge in [-0.1, -0.05) is 32.0 Å². The Kier molecular flexibility index (Phi) is 3.62. The molecule has 1 heterocycles. The quantitative estimate of drug-likeness (QED) is 0.870. The van der Waals surface area contributed by atoms with E-state index in [4.69, 9.17) is 0 Å². The van der Waals surface area contributed by atoms with E-state index < -0.39 is 0 Å². The average molecular weight is 246 g/mol. The molecule has 1 aromatic carbocycles. The van der Waals surface area contributed by atoms with Crippen LogP contribution in [0.5, 0.6) is 0 Å². The second kappa shape index (κ2) is 5.02. The lowest BCUT2D eigenvalue weighted by molar-refractivity contribution is 0.234. The van der Waals surface area contributed by atoms with Crippen LogP contribution in [0.1, 0.15) is 19.5 Å². The van der Waals surface area contributed by atoms with Gasteiger partial charge in [0.15, 0.2) is 0 Å². The summed E-state index contributed by atoms with van der Waals surface area (Å²) >= 11 is 0. The molecule has 0 saturated carbocycles. The van der Waals surface area contributed by atoms with Crippen molar-refractivity contribution in [1.82, 2.24) is 4.98 Å². The van der Waals surface area contributed by atoms with Crippen molar-refractivity contribution in [2.45, 2.75) is 26.8 Å². The molecule has 0 bridgehead atoms. The number of rotatable bonds is 4. The van der Waals surface area contributed by atoms with Gasteiger partial charge in [-0.3, -0.25) is 0 Å². The lowest BCUT2D eigenvalue weighted by Crippen LogP contribution is -2.39. The number of aromatic nitrogens is 1. The number of aliphatic hydroxyl groups is 1. The molecule has 0 aliphatic heterocycles. The highest BCUT2D eigenvalue weighted by Gasteiger charge is 2.22. The molecule has 1 atom stereocenters. The first-order valence-corrected chi connectivity index (χ1v) is 6.47. The van der Waals surface area contributed by atoms with Crippen LogP contribution in [-0.4, -0.2) is 29.8 Å². The van der Waals surface area contributed by atoms with E-state index in [2.05, 4.69) is 55.9 Å². The summed E-state index contributed by atoms with van der Waals surface area (Å²) in [6.07, 6.45) is 0. The van der Waals surface area contributed by atoms with Crippen molar-refractivity contribution in [3.63, 3.8) is 0 Å². The molecule has 0 spiro atoms. The van der Waals surface area contributed by atoms with E-state index >= 15 is 0 Å². The van der Waals surface area contributed by atoms with Gasteiger partial charge in [-0.15, -0.1) is 0 Å². The number of anilines is 1. The van der Waals surface area contributed by atoms with Gasteiger partial charge in [0.25, 0.3) is 0 Å². The number of hydrogen-bond acceptors (Lipinski definition) is 2. The minimum absolute atomic E-state index is 0.142. The highest BCUT2D eigenvalue weighted by atomic mass is 16.3. The van der Waals surface area contributed by atoms with E-state index in [1.807, 2.05) is 6.07 Å². The third-order valence-electron chi connectivity index (χ3n) is 3.67. The summed E-state index contributed by atoms with van der Waals surface area (Å²) in [4.78, 5) is 5.60. The summed E-state index contributed by atoms with van der Waals surface area (Å²) in [6.45, 7) is 6.54. The zero-order chi connectivity index (χ0) is 13.3. The van der Waals surface area contributed by atoms with Crippen LogP contribution in [0.3, 0.4) is 0 Å². The number of fused-ring (bicyclic) bond motifs is 1. The number of aliphatic hydroxyl groups excluding tert-OH is 1. The highest BCUT2D eigenvalue weighted by Crippen LogP contribution is 2.32. The minimum Gasteiger partial charge on any atom is -0.394 e. The van der Waals surface area contributed by atoms with Crippen molar-refractivity contribution in [3.05, 3.63) is 30.0 Å². The predicted octanol–water partition coefficient (Wildman–Crippen LogP) is 2.93. The molecule has 0 aliphatic carbocycles. The Morgan fingerprint density at radius 1 is 1.28 bits per heavy atom. The Bertz CT molecular complexity index is 530. The van der Waals surface area contributed by atoms with Crippen molar-refractivity contribution < 1.29 is 5.11 Å². The maximum atomic E-state index is 9.58. The van der Waals surface area contributed by atoms with Gasteiger partial charge in [0.1, 0.15) is 0 Å². The first-order valence-electron chi connectivity index (χ1n) is 6.47. The molecular formula is C15H22N2O. The Hall–Kier alpha value is -1.48.